The smallest absolute Gasteiger partial charge is 0.338 e. The maximum Gasteiger partial charge on any atom is 0.338 e. The van der Waals surface area contributed by atoms with E-state index in [2.05, 4.69) is 17.6 Å². The molecular weight excluding hydrogens is 506 g/mol. The number of carbonyl (C=O) groups is 4. The van der Waals surface area contributed by atoms with E-state index >= 15 is 0 Å². The molecule has 0 saturated heterocycles. The fourth-order valence-electron chi connectivity index (χ4n) is 3.75. The van der Waals surface area contributed by atoms with Crippen LogP contribution in [-0.2, 0) is 20.7 Å². The molecule has 0 radical (unpaired) electrons. The molecule has 2 N–H and O–H groups in total. The van der Waals surface area contributed by atoms with Crippen molar-refractivity contribution < 1.29 is 23.9 Å². The van der Waals surface area contributed by atoms with Crippen LogP contribution in [-0.4, -0.2) is 30.3 Å². The van der Waals surface area contributed by atoms with Crippen LogP contribution >= 0.6 is 11.6 Å². The van der Waals surface area contributed by atoms with E-state index in [0.717, 1.165) is 11.3 Å². The predicted molar refractivity (Wildman–Crippen MR) is 146 cm³/mol. The van der Waals surface area contributed by atoms with Gasteiger partial charge in [-0.15, -0.1) is 0 Å². The Hall–Kier alpha value is -4.43. The molecule has 0 saturated carbocycles. The Bertz CT molecular complexity index is 1400. The Morgan fingerprint density at radius 1 is 0.816 bits per heavy atom. The lowest BCUT2D eigenvalue weighted by atomic mass is 10.1. The van der Waals surface area contributed by atoms with Crippen LogP contribution in [0.4, 0.5) is 17.1 Å². The number of imide groups is 1. The van der Waals surface area contributed by atoms with Gasteiger partial charge >= 0.3 is 5.97 Å². The van der Waals surface area contributed by atoms with Crippen molar-refractivity contribution in [2.24, 2.45) is 0 Å². The number of halogens is 1. The van der Waals surface area contributed by atoms with Crippen molar-refractivity contribution in [3.63, 3.8) is 0 Å². The van der Waals surface area contributed by atoms with Gasteiger partial charge in [0.15, 0.2) is 0 Å². The van der Waals surface area contributed by atoms with E-state index in [1.54, 1.807) is 24.3 Å². The summed E-state index contributed by atoms with van der Waals surface area (Å²) in [6.45, 7) is 4.25. The molecule has 4 rings (SSSR count). The minimum Gasteiger partial charge on any atom is -0.462 e. The molecule has 0 aromatic heterocycles. The summed E-state index contributed by atoms with van der Waals surface area (Å²) in [7, 11) is 0. The molecule has 38 heavy (non-hydrogen) atoms. The predicted octanol–water partition coefficient (Wildman–Crippen LogP) is 5.50. The van der Waals surface area contributed by atoms with Crippen LogP contribution < -0.4 is 15.5 Å². The van der Waals surface area contributed by atoms with E-state index in [1.807, 2.05) is 31.2 Å². The van der Waals surface area contributed by atoms with E-state index in [1.165, 1.54) is 29.8 Å². The van der Waals surface area contributed by atoms with Crippen LogP contribution in [0.2, 0.25) is 0 Å². The molecule has 0 bridgehead atoms. The highest BCUT2D eigenvalue weighted by atomic mass is 35.5. The van der Waals surface area contributed by atoms with Gasteiger partial charge in [-0.3, -0.25) is 14.4 Å². The summed E-state index contributed by atoms with van der Waals surface area (Å²) in [4.78, 5) is 51.4. The largest absolute Gasteiger partial charge is 0.462 e. The number of rotatable bonds is 9. The van der Waals surface area contributed by atoms with Crippen molar-refractivity contribution in [2.45, 2.75) is 26.7 Å². The number of hydrogen-bond acceptors (Lipinski definition) is 6. The number of benzene rings is 3. The fourth-order valence-corrected chi connectivity index (χ4v) is 3.96. The Morgan fingerprint density at radius 3 is 2.03 bits per heavy atom. The first kappa shape index (κ1) is 26.6. The zero-order valence-electron chi connectivity index (χ0n) is 20.9. The molecule has 194 valence electrons. The number of amides is 3. The third-order valence-electron chi connectivity index (χ3n) is 5.86. The van der Waals surface area contributed by atoms with Gasteiger partial charge in [0.05, 0.1) is 17.9 Å². The van der Waals surface area contributed by atoms with E-state index in [-0.39, 0.29) is 22.3 Å². The standard InChI is InChI=1S/C29H26ClN3O5/c1-3-17-38-29(37)20-9-15-23(16-10-20)33-27(35)24(30)25(28(33)36)31-21-13-7-19(8-14-21)26(34)32-22-11-5-18(4-2)6-12-22/h5-16,31H,3-4,17H2,1-2H3,(H,32,34). The van der Waals surface area contributed by atoms with Crippen molar-refractivity contribution in [1.82, 2.24) is 0 Å². The topological polar surface area (TPSA) is 105 Å². The summed E-state index contributed by atoms with van der Waals surface area (Å²) in [5, 5.41) is 5.46. The Balaban J connectivity index is 1.42. The molecule has 3 amide bonds. The van der Waals surface area contributed by atoms with Crippen LogP contribution in [0.1, 0.15) is 46.5 Å². The molecule has 0 spiro atoms. The van der Waals surface area contributed by atoms with E-state index in [0.29, 0.717) is 35.5 Å². The molecule has 8 nitrogen and oxygen atoms in total. The minimum atomic E-state index is -0.689. The number of carbonyl (C=O) groups excluding carboxylic acids is 4. The number of aryl methyl sites for hydroxylation is 1. The highest BCUT2D eigenvalue weighted by Crippen LogP contribution is 2.30. The molecule has 0 fully saturated rings. The summed E-state index contributed by atoms with van der Waals surface area (Å²) in [6, 6.07) is 20.0. The average Bonchev–Trinajstić information content (AvgIpc) is 3.15. The van der Waals surface area contributed by atoms with Gasteiger partial charge in [-0.2, -0.15) is 0 Å². The number of nitrogens with zero attached hydrogens (tertiary/aromatic N) is 1. The second kappa shape index (κ2) is 11.7. The summed E-state index contributed by atoms with van der Waals surface area (Å²) in [6.07, 6.45) is 1.61. The van der Waals surface area contributed by atoms with Crippen LogP contribution in [0.15, 0.2) is 83.5 Å². The third-order valence-corrected chi connectivity index (χ3v) is 6.21. The zero-order valence-corrected chi connectivity index (χ0v) is 21.7. The van der Waals surface area contributed by atoms with Gasteiger partial charge in [0.1, 0.15) is 10.7 Å². The Kier molecular flexibility index (Phi) is 8.23. The quantitative estimate of drug-likeness (QED) is 0.279. The monoisotopic (exact) mass is 531 g/mol. The molecule has 9 heteroatoms. The fraction of sp³-hybridized carbons (Fsp3) is 0.172. The van der Waals surface area contributed by atoms with Gasteiger partial charge in [0.2, 0.25) is 0 Å². The maximum atomic E-state index is 13.1. The number of anilines is 3. The van der Waals surface area contributed by atoms with Crippen LogP contribution in [0.3, 0.4) is 0 Å². The molecule has 1 aliphatic heterocycles. The third kappa shape index (κ3) is 5.76. The molecule has 0 atom stereocenters. The minimum absolute atomic E-state index is 0.0867. The van der Waals surface area contributed by atoms with Gasteiger partial charge in [-0.05, 0) is 79.1 Å². The van der Waals surface area contributed by atoms with Crippen molar-refractivity contribution in [3.05, 3.63) is 100 Å². The van der Waals surface area contributed by atoms with Crippen molar-refractivity contribution >= 4 is 52.4 Å². The van der Waals surface area contributed by atoms with E-state index in [9.17, 15) is 19.2 Å². The number of esters is 1. The first-order valence-corrected chi connectivity index (χ1v) is 12.5. The molecule has 0 unspecified atom stereocenters. The van der Waals surface area contributed by atoms with Gasteiger partial charge in [0, 0.05) is 16.9 Å². The van der Waals surface area contributed by atoms with Crippen molar-refractivity contribution in [3.8, 4) is 0 Å². The van der Waals surface area contributed by atoms with E-state index < -0.39 is 17.8 Å². The maximum absolute atomic E-state index is 13.1. The highest BCUT2D eigenvalue weighted by Gasteiger charge is 2.39. The van der Waals surface area contributed by atoms with Crippen LogP contribution in [0.25, 0.3) is 0 Å². The Labute approximate surface area is 225 Å². The molecule has 1 heterocycles. The van der Waals surface area contributed by atoms with Gasteiger partial charge in [0.25, 0.3) is 17.7 Å². The molecule has 1 aliphatic rings. The first-order valence-electron chi connectivity index (χ1n) is 12.2. The molecule has 0 aliphatic carbocycles. The lowest BCUT2D eigenvalue weighted by molar-refractivity contribution is -0.120. The highest BCUT2D eigenvalue weighted by molar-refractivity contribution is 6.53. The lowest BCUT2D eigenvalue weighted by Crippen LogP contribution is -2.32. The van der Waals surface area contributed by atoms with Crippen LogP contribution in [0, 0.1) is 0 Å². The average molecular weight is 532 g/mol. The van der Waals surface area contributed by atoms with Crippen molar-refractivity contribution in [1.29, 1.82) is 0 Å². The summed E-state index contributed by atoms with van der Waals surface area (Å²) in [5.41, 5.74) is 3.24. The molecule has 3 aromatic carbocycles. The second-order valence-corrected chi connectivity index (χ2v) is 8.90. The number of ether oxygens (including phenoxy) is 1. The zero-order chi connectivity index (χ0) is 27.2. The number of hydrogen-bond donors (Lipinski definition) is 2. The first-order chi connectivity index (χ1) is 18.3. The summed E-state index contributed by atoms with van der Waals surface area (Å²) >= 11 is 6.22. The summed E-state index contributed by atoms with van der Waals surface area (Å²) in [5.74, 6) is -2.09. The summed E-state index contributed by atoms with van der Waals surface area (Å²) < 4.78 is 5.10. The Morgan fingerprint density at radius 2 is 1.42 bits per heavy atom. The molecule has 3 aromatic rings. The number of nitrogens with one attached hydrogen (secondary N) is 2. The van der Waals surface area contributed by atoms with Crippen LogP contribution in [0.5, 0.6) is 0 Å². The molecular formula is C29H26ClN3O5. The normalized spacial score (nSPS) is 13.1. The van der Waals surface area contributed by atoms with Gasteiger partial charge in [-0.1, -0.05) is 37.6 Å². The SMILES string of the molecule is CCCOC(=O)c1ccc(N2C(=O)C(Cl)=C(Nc3ccc(C(=O)Nc4ccc(CC)cc4)cc3)C2=O)cc1. The lowest BCUT2D eigenvalue weighted by Gasteiger charge is -2.15. The second-order valence-electron chi connectivity index (χ2n) is 8.52. The van der Waals surface area contributed by atoms with Gasteiger partial charge < -0.3 is 15.4 Å². The van der Waals surface area contributed by atoms with E-state index in [4.69, 9.17) is 16.3 Å². The van der Waals surface area contributed by atoms with Gasteiger partial charge in [-0.25, -0.2) is 9.69 Å². The van der Waals surface area contributed by atoms with Crippen molar-refractivity contribution in [2.75, 3.05) is 22.1 Å².